The van der Waals surface area contributed by atoms with E-state index in [9.17, 15) is 9.90 Å². The number of nitrogens with zero attached hydrogens (tertiary/aromatic N) is 1. The van der Waals surface area contributed by atoms with E-state index in [-0.39, 0.29) is 12.4 Å². The van der Waals surface area contributed by atoms with Crippen molar-refractivity contribution >= 4 is 71.5 Å². The molecule has 0 saturated heterocycles. The molecule has 0 fully saturated rings. The van der Waals surface area contributed by atoms with Crippen molar-refractivity contribution in [1.29, 1.82) is 0 Å². The van der Waals surface area contributed by atoms with Crippen LogP contribution in [0.5, 0.6) is 11.5 Å². The van der Waals surface area contributed by atoms with Crippen molar-refractivity contribution in [2.24, 2.45) is 5.10 Å². The van der Waals surface area contributed by atoms with Gasteiger partial charge in [-0.15, -0.1) is 0 Å². The van der Waals surface area contributed by atoms with Gasteiger partial charge in [-0.25, -0.2) is 5.43 Å². The van der Waals surface area contributed by atoms with Crippen LogP contribution >= 0.6 is 59.4 Å². The van der Waals surface area contributed by atoms with E-state index in [1.807, 2.05) is 13.8 Å². The van der Waals surface area contributed by atoms with Crippen molar-refractivity contribution in [3.8, 4) is 11.5 Å². The van der Waals surface area contributed by atoms with Gasteiger partial charge in [-0.1, -0.05) is 27.5 Å². The molecule has 9 heteroatoms. The Morgan fingerprint density at radius 1 is 1.23 bits per heavy atom. The van der Waals surface area contributed by atoms with Crippen molar-refractivity contribution in [3.05, 3.63) is 53.3 Å². The number of hydrogen-bond acceptors (Lipinski definition) is 4. The van der Waals surface area contributed by atoms with Gasteiger partial charge in [0.25, 0.3) is 5.91 Å². The summed E-state index contributed by atoms with van der Waals surface area (Å²) in [5.41, 5.74) is 4.71. The quantitative estimate of drug-likeness (QED) is 0.370. The predicted octanol–water partition coefficient (Wildman–Crippen LogP) is 5.48. The highest BCUT2D eigenvalue weighted by molar-refractivity contribution is 9.11. The molecule has 0 bridgehead atoms. The molecule has 2 aromatic rings. The number of phenolic OH excluding ortho intramolecular Hbond substituents is 1. The van der Waals surface area contributed by atoms with Crippen molar-refractivity contribution in [2.45, 2.75) is 13.8 Å². The number of nitrogens with one attached hydrogen (secondary N) is 1. The minimum absolute atomic E-state index is 0.0396. The largest absolute Gasteiger partial charge is 0.506 e. The third-order valence-electron chi connectivity index (χ3n) is 3.34. The first kappa shape index (κ1) is 21.2. The van der Waals surface area contributed by atoms with Crippen molar-refractivity contribution < 1.29 is 14.6 Å². The number of benzene rings is 2. The molecule has 0 unspecified atom stereocenters. The average molecular weight is 569 g/mol. The summed E-state index contributed by atoms with van der Waals surface area (Å²) in [6.45, 7) is 3.55. The molecule has 0 aliphatic carbocycles. The van der Waals surface area contributed by atoms with Crippen LogP contribution in [0.4, 0.5) is 0 Å². The smallest absolute Gasteiger partial charge is 0.277 e. The fourth-order valence-electron chi connectivity index (χ4n) is 2.05. The molecule has 138 valence electrons. The summed E-state index contributed by atoms with van der Waals surface area (Å²) < 4.78 is 7.12. The molecule has 0 spiro atoms. The number of phenols is 1. The molecule has 2 aromatic carbocycles. The van der Waals surface area contributed by atoms with E-state index >= 15 is 0 Å². The Bertz CT molecular complexity index is 865. The Morgan fingerprint density at radius 2 is 1.85 bits per heavy atom. The number of amides is 1. The van der Waals surface area contributed by atoms with E-state index in [1.165, 1.54) is 6.21 Å². The van der Waals surface area contributed by atoms with Crippen LogP contribution < -0.4 is 10.2 Å². The molecule has 0 aliphatic rings. The number of hydrogen-bond donors (Lipinski definition) is 2. The summed E-state index contributed by atoms with van der Waals surface area (Å²) in [6.07, 6.45) is 1.41. The van der Waals surface area contributed by atoms with E-state index in [4.69, 9.17) is 16.3 Å². The number of carbonyl (C=O) groups is 1. The molecule has 0 aliphatic heterocycles. The second kappa shape index (κ2) is 9.21. The van der Waals surface area contributed by atoms with E-state index in [0.717, 1.165) is 11.1 Å². The van der Waals surface area contributed by atoms with E-state index < -0.39 is 5.91 Å². The van der Waals surface area contributed by atoms with Crippen LogP contribution in [0, 0.1) is 13.8 Å². The van der Waals surface area contributed by atoms with Crippen LogP contribution in [-0.2, 0) is 4.79 Å². The maximum atomic E-state index is 11.9. The molecule has 0 saturated carbocycles. The van der Waals surface area contributed by atoms with Gasteiger partial charge in [0.05, 0.1) is 15.2 Å². The molecule has 1 amide bonds. The van der Waals surface area contributed by atoms with Gasteiger partial charge in [0.2, 0.25) is 0 Å². The third kappa shape index (κ3) is 5.22. The van der Waals surface area contributed by atoms with Gasteiger partial charge in [-0.3, -0.25) is 4.79 Å². The first-order valence-corrected chi connectivity index (χ1v) is 10.0. The van der Waals surface area contributed by atoms with Gasteiger partial charge in [0.1, 0.15) is 11.5 Å². The zero-order valence-corrected chi connectivity index (χ0v) is 19.3. The monoisotopic (exact) mass is 566 g/mol. The first-order valence-electron chi connectivity index (χ1n) is 7.28. The maximum Gasteiger partial charge on any atom is 0.277 e. The summed E-state index contributed by atoms with van der Waals surface area (Å²) in [5.74, 6) is 0.185. The van der Waals surface area contributed by atoms with Gasteiger partial charge >= 0.3 is 0 Å². The standard InChI is InChI=1S/C17H14Br3ClN2O3/c1-8-3-10(4-9(2)16(8)21)26-7-14(24)23-22-6-11-12(18)5-13(19)17(25)15(11)20/h3-6,25H,7H2,1-2H3,(H,23,24). The Balaban J connectivity index is 1.97. The Kier molecular flexibility index (Phi) is 7.52. The van der Waals surface area contributed by atoms with Crippen LogP contribution in [0.15, 0.2) is 36.7 Å². The molecule has 2 rings (SSSR count). The second-order valence-electron chi connectivity index (χ2n) is 5.37. The number of aromatic hydroxyl groups is 1. The SMILES string of the molecule is Cc1cc(OCC(=O)NN=Cc2c(Br)cc(Br)c(O)c2Br)cc(C)c1Cl. The van der Waals surface area contributed by atoms with Gasteiger partial charge in [-0.2, -0.15) is 5.10 Å². The van der Waals surface area contributed by atoms with E-state index in [0.29, 0.717) is 29.8 Å². The van der Waals surface area contributed by atoms with Crippen LogP contribution in [0.3, 0.4) is 0 Å². The average Bonchev–Trinajstić information content (AvgIpc) is 2.58. The highest BCUT2D eigenvalue weighted by Crippen LogP contribution is 2.38. The fourth-order valence-corrected chi connectivity index (χ4v) is 4.49. The molecule has 0 atom stereocenters. The van der Waals surface area contributed by atoms with Crippen molar-refractivity contribution in [3.63, 3.8) is 0 Å². The number of carbonyl (C=O) groups excluding carboxylic acids is 1. The lowest BCUT2D eigenvalue weighted by atomic mass is 10.1. The molecule has 0 radical (unpaired) electrons. The number of ether oxygens (including phenoxy) is 1. The Morgan fingerprint density at radius 3 is 2.46 bits per heavy atom. The highest BCUT2D eigenvalue weighted by Gasteiger charge is 2.12. The normalized spacial score (nSPS) is 11.0. The van der Waals surface area contributed by atoms with Crippen molar-refractivity contribution in [2.75, 3.05) is 6.61 Å². The molecule has 2 N–H and O–H groups in total. The lowest BCUT2D eigenvalue weighted by Crippen LogP contribution is -2.24. The number of halogens is 4. The van der Waals surface area contributed by atoms with Gasteiger partial charge in [0.15, 0.2) is 6.61 Å². The lowest BCUT2D eigenvalue weighted by molar-refractivity contribution is -0.123. The van der Waals surface area contributed by atoms with Crippen LogP contribution in [0.1, 0.15) is 16.7 Å². The van der Waals surface area contributed by atoms with E-state index in [1.54, 1.807) is 18.2 Å². The molecule has 0 aromatic heterocycles. The van der Waals surface area contributed by atoms with Crippen LogP contribution in [-0.4, -0.2) is 23.8 Å². The van der Waals surface area contributed by atoms with Crippen LogP contribution in [0.2, 0.25) is 5.02 Å². The molecular formula is C17H14Br3ClN2O3. The van der Waals surface area contributed by atoms with E-state index in [2.05, 4.69) is 58.3 Å². The molecule has 26 heavy (non-hydrogen) atoms. The zero-order chi connectivity index (χ0) is 19.4. The van der Waals surface area contributed by atoms with Gasteiger partial charge in [0, 0.05) is 15.1 Å². The molecular weight excluding hydrogens is 555 g/mol. The highest BCUT2D eigenvalue weighted by atomic mass is 79.9. The minimum Gasteiger partial charge on any atom is -0.506 e. The molecule has 5 nitrogen and oxygen atoms in total. The van der Waals surface area contributed by atoms with Gasteiger partial charge < -0.3 is 9.84 Å². The number of aryl methyl sites for hydroxylation is 2. The van der Waals surface area contributed by atoms with Gasteiger partial charge in [-0.05, 0) is 75.0 Å². The maximum absolute atomic E-state index is 11.9. The fraction of sp³-hybridized carbons (Fsp3) is 0.176. The Labute approximate surface area is 181 Å². The second-order valence-corrected chi connectivity index (χ2v) is 8.25. The summed E-state index contributed by atoms with van der Waals surface area (Å²) in [6, 6.07) is 5.22. The zero-order valence-electron chi connectivity index (χ0n) is 13.7. The lowest BCUT2D eigenvalue weighted by Gasteiger charge is -2.09. The number of hydrazone groups is 1. The number of rotatable bonds is 5. The summed E-state index contributed by atoms with van der Waals surface area (Å²) >= 11 is 16.0. The predicted molar refractivity (Wildman–Crippen MR) is 113 cm³/mol. The summed E-state index contributed by atoms with van der Waals surface area (Å²) in [4.78, 5) is 11.9. The van der Waals surface area contributed by atoms with Crippen LogP contribution in [0.25, 0.3) is 0 Å². The first-order chi connectivity index (χ1) is 12.2. The topological polar surface area (TPSA) is 70.9 Å². The minimum atomic E-state index is -0.417. The molecule has 0 heterocycles. The van der Waals surface area contributed by atoms with Crippen molar-refractivity contribution in [1.82, 2.24) is 5.43 Å². The summed E-state index contributed by atoms with van der Waals surface area (Å²) in [5, 5.41) is 14.5. The Hall–Kier alpha value is -1.09. The third-order valence-corrected chi connectivity index (χ3v) is 6.00. The summed E-state index contributed by atoms with van der Waals surface area (Å²) in [7, 11) is 0.